The summed E-state index contributed by atoms with van der Waals surface area (Å²) in [6, 6.07) is 17.8. The number of hydrogen-bond acceptors (Lipinski definition) is 10. The topological polar surface area (TPSA) is 267 Å². The van der Waals surface area contributed by atoms with Gasteiger partial charge < -0.3 is 52.4 Å². The lowest BCUT2D eigenvalue weighted by molar-refractivity contribution is -0.142. The summed E-state index contributed by atoms with van der Waals surface area (Å²) in [4.78, 5) is 110. The standard InChI is InChI=1S/C54H76N8O10/c1-32(2)26-40(46(64)31-47(65)57-42(27-33(3)4)50(67)59-41(49(55)66)28-36-16-11-9-12-17-36)58-53(70)48(34(5)6)61-51(68)43(29-37-18-13-10-14-19-37)60-52(69)45-20-15-25-62(45)54(71)44(56-35(7)63)30-38-21-23-39(72-8)24-22-38/h9-14,16-19,21-24,32-34,40-46,48,64H,15,20,25-31H2,1-8H3,(H2,55,66)(H,56,63)(H,57,65)(H,58,70)(H,59,67)(H,60,69)(H,61,68)/t40-,41-,42-,43-,44-,45-,46-,48-/m0/s1. The van der Waals surface area contributed by atoms with Crippen molar-refractivity contribution in [3.05, 3.63) is 102 Å². The van der Waals surface area contributed by atoms with Crippen LogP contribution in [0.4, 0.5) is 0 Å². The van der Waals surface area contributed by atoms with Crippen LogP contribution in [0.5, 0.6) is 5.75 Å². The number of hydrogen-bond donors (Lipinski definition) is 8. The maximum absolute atomic E-state index is 14.4. The largest absolute Gasteiger partial charge is 0.497 e. The lowest BCUT2D eigenvalue weighted by atomic mass is 9.95. The van der Waals surface area contributed by atoms with Crippen LogP contribution in [0.15, 0.2) is 84.9 Å². The molecule has 1 aliphatic heterocycles. The van der Waals surface area contributed by atoms with Gasteiger partial charge in [-0.2, -0.15) is 0 Å². The fourth-order valence-corrected chi connectivity index (χ4v) is 8.79. The smallest absolute Gasteiger partial charge is 0.246 e. The highest BCUT2D eigenvalue weighted by molar-refractivity contribution is 5.96. The van der Waals surface area contributed by atoms with Gasteiger partial charge in [0.1, 0.15) is 42.0 Å². The molecule has 1 heterocycles. The van der Waals surface area contributed by atoms with Gasteiger partial charge in [0.25, 0.3) is 0 Å². The van der Waals surface area contributed by atoms with Crippen molar-refractivity contribution in [1.29, 1.82) is 0 Å². The highest BCUT2D eigenvalue weighted by atomic mass is 16.5. The fraction of sp³-hybridized carbons (Fsp3) is 0.519. The summed E-state index contributed by atoms with van der Waals surface area (Å²) in [5.41, 5.74) is 7.93. The number of methoxy groups -OCH3 is 1. The van der Waals surface area contributed by atoms with Gasteiger partial charge in [-0.15, -0.1) is 0 Å². The monoisotopic (exact) mass is 997 g/mol. The number of ether oxygens (including phenoxy) is 1. The van der Waals surface area contributed by atoms with E-state index in [4.69, 9.17) is 10.5 Å². The third kappa shape index (κ3) is 18.4. The van der Waals surface area contributed by atoms with Crippen molar-refractivity contribution in [3.63, 3.8) is 0 Å². The Morgan fingerprint density at radius 2 is 1.18 bits per heavy atom. The Balaban J connectivity index is 1.48. The molecule has 0 spiro atoms. The molecule has 0 aromatic heterocycles. The number of amides is 8. The summed E-state index contributed by atoms with van der Waals surface area (Å²) in [5.74, 6) is -4.68. The van der Waals surface area contributed by atoms with Crippen molar-refractivity contribution in [2.75, 3.05) is 13.7 Å². The van der Waals surface area contributed by atoms with E-state index in [2.05, 4.69) is 31.9 Å². The summed E-state index contributed by atoms with van der Waals surface area (Å²) in [5, 5.41) is 28.3. The van der Waals surface area contributed by atoms with Crippen LogP contribution >= 0.6 is 0 Å². The molecule has 0 unspecified atom stereocenters. The highest BCUT2D eigenvalue weighted by Crippen LogP contribution is 2.22. The molecule has 18 nitrogen and oxygen atoms in total. The van der Waals surface area contributed by atoms with Gasteiger partial charge in [0.05, 0.1) is 25.7 Å². The van der Waals surface area contributed by atoms with Crippen LogP contribution in [-0.2, 0) is 57.6 Å². The molecule has 9 N–H and O–H groups in total. The summed E-state index contributed by atoms with van der Waals surface area (Å²) >= 11 is 0. The minimum Gasteiger partial charge on any atom is -0.497 e. The van der Waals surface area contributed by atoms with E-state index in [-0.39, 0.29) is 50.5 Å². The van der Waals surface area contributed by atoms with Crippen molar-refractivity contribution >= 4 is 47.3 Å². The van der Waals surface area contributed by atoms with Crippen LogP contribution in [0.3, 0.4) is 0 Å². The number of likely N-dealkylation sites (tertiary alicyclic amines) is 1. The number of carbonyl (C=O) groups is 8. The predicted molar refractivity (Wildman–Crippen MR) is 273 cm³/mol. The quantitative estimate of drug-likeness (QED) is 0.0554. The first kappa shape index (κ1) is 57.8. The number of carbonyl (C=O) groups excluding carboxylic acids is 8. The van der Waals surface area contributed by atoms with Gasteiger partial charge in [0.2, 0.25) is 47.3 Å². The molecule has 1 saturated heterocycles. The zero-order valence-corrected chi connectivity index (χ0v) is 42.9. The van der Waals surface area contributed by atoms with E-state index in [0.717, 1.165) is 16.7 Å². The first-order valence-electron chi connectivity index (χ1n) is 24.9. The van der Waals surface area contributed by atoms with Gasteiger partial charge in [-0.1, -0.05) is 114 Å². The molecule has 18 heteroatoms. The Morgan fingerprint density at radius 3 is 1.71 bits per heavy atom. The second-order valence-electron chi connectivity index (χ2n) is 19.9. The second kappa shape index (κ2) is 28.3. The minimum absolute atomic E-state index is 0.0456. The maximum Gasteiger partial charge on any atom is 0.246 e. The number of primary amides is 1. The third-order valence-electron chi connectivity index (χ3n) is 12.5. The second-order valence-corrected chi connectivity index (χ2v) is 19.9. The molecule has 1 aliphatic rings. The van der Waals surface area contributed by atoms with Gasteiger partial charge in [-0.05, 0) is 72.3 Å². The molecule has 3 aromatic rings. The molecule has 3 aromatic carbocycles. The molecule has 0 aliphatic carbocycles. The lowest BCUT2D eigenvalue weighted by Crippen LogP contribution is -2.60. The summed E-state index contributed by atoms with van der Waals surface area (Å²) in [6.07, 6.45) is -0.235. The van der Waals surface area contributed by atoms with Crippen LogP contribution < -0.4 is 42.4 Å². The van der Waals surface area contributed by atoms with E-state index < -0.39 is 108 Å². The van der Waals surface area contributed by atoms with E-state index in [1.54, 1.807) is 93.8 Å². The molecule has 8 amide bonds. The number of rotatable bonds is 27. The van der Waals surface area contributed by atoms with Crippen LogP contribution in [0.2, 0.25) is 0 Å². The Kier molecular flexibility index (Phi) is 22.7. The van der Waals surface area contributed by atoms with Gasteiger partial charge in [-0.3, -0.25) is 38.4 Å². The van der Waals surface area contributed by atoms with E-state index in [0.29, 0.717) is 18.6 Å². The molecule has 0 saturated carbocycles. The average molecular weight is 997 g/mol. The Morgan fingerprint density at radius 1 is 0.639 bits per heavy atom. The molecular weight excluding hydrogens is 921 g/mol. The normalized spacial score (nSPS) is 16.3. The number of nitrogens with one attached hydrogen (secondary N) is 6. The number of benzene rings is 3. The maximum atomic E-state index is 14.4. The van der Waals surface area contributed by atoms with Crippen LogP contribution in [-0.4, -0.2) is 119 Å². The van der Waals surface area contributed by atoms with Crippen molar-refractivity contribution in [3.8, 4) is 5.75 Å². The van der Waals surface area contributed by atoms with E-state index in [1.807, 2.05) is 39.8 Å². The molecule has 72 heavy (non-hydrogen) atoms. The van der Waals surface area contributed by atoms with Crippen molar-refractivity contribution < 1.29 is 48.2 Å². The summed E-state index contributed by atoms with van der Waals surface area (Å²) < 4.78 is 5.25. The predicted octanol–water partition coefficient (Wildman–Crippen LogP) is 2.63. The first-order valence-corrected chi connectivity index (χ1v) is 24.9. The molecule has 1 fully saturated rings. The fourth-order valence-electron chi connectivity index (χ4n) is 8.79. The highest BCUT2D eigenvalue weighted by Gasteiger charge is 2.40. The Labute approximate surface area is 423 Å². The molecule has 8 atom stereocenters. The van der Waals surface area contributed by atoms with Gasteiger partial charge in [0, 0.05) is 32.7 Å². The number of aliphatic hydroxyl groups excluding tert-OH is 1. The SMILES string of the molecule is COc1ccc(C[C@H](NC(C)=O)C(=O)N2CCC[C@H]2C(=O)N[C@@H](Cc2ccccc2)C(=O)N[C@H](C(=O)N[C@@H](CC(C)C)[C@@H](O)CC(=O)N[C@@H](CC(C)C)C(=O)N[C@@H](Cc2ccccc2)C(N)=O)C(C)C)cc1. The minimum atomic E-state index is -1.41. The van der Waals surface area contributed by atoms with Crippen molar-refractivity contribution in [1.82, 2.24) is 36.8 Å². The Bertz CT molecular complexity index is 2280. The van der Waals surface area contributed by atoms with Gasteiger partial charge in [0.15, 0.2) is 0 Å². The number of nitrogens with two attached hydrogens (primary N) is 1. The van der Waals surface area contributed by atoms with Crippen molar-refractivity contribution in [2.45, 2.75) is 148 Å². The van der Waals surface area contributed by atoms with Gasteiger partial charge >= 0.3 is 0 Å². The third-order valence-corrected chi connectivity index (χ3v) is 12.5. The number of nitrogens with zero attached hydrogens (tertiary/aromatic N) is 1. The zero-order chi connectivity index (χ0) is 53.1. The van der Waals surface area contributed by atoms with E-state index >= 15 is 0 Å². The van der Waals surface area contributed by atoms with Crippen LogP contribution in [0, 0.1) is 17.8 Å². The summed E-state index contributed by atoms with van der Waals surface area (Å²) in [6.45, 7) is 12.6. The van der Waals surface area contributed by atoms with Gasteiger partial charge in [-0.25, -0.2) is 0 Å². The zero-order valence-electron chi connectivity index (χ0n) is 42.9. The molecule has 392 valence electrons. The van der Waals surface area contributed by atoms with Crippen LogP contribution in [0.25, 0.3) is 0 Å². The van der Waals surface area contributed by atoms with Crippen molar-refractivity contribution in [2.24, 2.45) is 23.5 Å². The van der Waals surface area contributed by atoms with Crippen LogP contribution in [0.1, 0.15) is 97.3 Å². The van der Waals surface area contributed by atoms with E-state index in [9.17, 15) is 43.5 Å². The average Bonchev–Trinajstić information content (AvgIpc) is 3.82. The molecular formula is C54H76N8O10. The van der Waals surface area contributed by atoms with E-state index in [1.165, 1.54) is 11.8 Å². The Hall–Kier alpha value is -6.82. The lowest BCUT2D eigenvalue weighted by Gasteiger charge is -2.31. The molecule has 4 rings (SSSR count). The number of aliphatic hydroxyl groups is 1. The molecule has 0 bridgehead atoms. The molecule has 0 radical (unpaired) electrons. The summed E-state index contributed by atoms with van der Waals surface area (Å²) in [7, 11) is 1.54. The first-order chi connectivity index (χ1) is 34.1.